The van der Waals surface area contributed by atoms with Gasteiger partial charge in [-0.25, -0.2) is 0 Å². The first-order chi connectivity index (χ1) is 3.73. The van der Waals surface area contributed by atoms with Crippen LogP contribution < -0.4 is 220 Å². The Morgan fingerprint density at radius 2 is 0.846 bits per heavy atom. The molecule has 0 heterocycles. The van der Waals surface area contributed by atoms with E-state index in [2.05, 4.69) is 0 Å². The summed E-state index contributed by atoms with van der Waals surface area (Å²) in [6.07, 6.45) is 0. The third-order valence-corrected chi connectivity index (χ3v) is 0. The van der Waals surface area contributed by atoms with Gasteiger partial charge >= 0.3 is 206 Å². The fourth-order valence-electron chi connectivity index (χ4n) is 0. The van der Waals surface area contributed by atoms with E-state index in [0.717, 1.165) is 0 Å². The van der Waals surface area contributed by atoms with Crippen molar-refractivity contribution in [1.82, 2.24) is 0 Å². The van der Waals surface area contributed by atoms with Gasteiger partial charge < -0.3 is 34.6 Å². The third-order valence-electron chi connectivity index (χ3n) is 0. The molecular formula is K4NO7P. The zero-order chi connectivity index (χ0) is 8.08. The summed E-state index contributed by atoms with van der Waals surface area (Å²) in [5.74, 6) is 0. The Balaban J connectivity index is -0.0000000146. The molecule has 0 N–H and O–H groups in total. The summed E-state index contributed by atoms with van der Waals surface area (Å²) in [5.41, 5.74) is 0. The second-order valence-corrected chi connectivity index (χ2v) is 1.57. The average molecular weight is 313 g/mol. The molecule has 0 unspecified atom stereocenters. The molecule has 0 fully saturated rings. The summed E-state index contributed by atoms with van der Waals surface area (Å²) in [4.78, 5) is 33.9. The van der Waals surface area contributed by atoms with E-state index in [1.54, 1.807) is 0 Å². The first-order valence-corrected chi connectivity index (χ1v) is 2.74. The molecule has 0 bridgehead atoms. The summed E-state index contributed by atoms with van der Waals surface area (Å²) in [7, 11) is -5.39. The maximum Gasteiger partial charge on any atom is 1.00 e. The van der Waals surface area contributed by atoms with Gasteiger partial charge in [0.2, 0.25) is 0 Å². The van der Waals surface area contributed by atoms with Gasteiger partial charge in [-0.15, -0.1) is 0 Å². The molecule has 0 radical (unpaired) electrons. The molecule has 0 aromatic rings. The summed E-state index contributed by atoms with van der Waals surface area (Å²) in [6.45, 7) is 0. The Hall–Kier alpha value is 5.86. The molecule has 8 nitrogen and oxygen atoms in total. The molecule has 0 aliphatic carbocycles. The van der Waals surface area contributed by atoms with Crippen LogP contribution in [-0.2, 0) is 4.57 Å². The van der Waals surface area contributed by atoms with Crippen molar-refractivity contribution in [3.63, 3.8) is 0 Å². The normalized spacial score (nSPS) is 6.38. The van der Waals surface area contributed by atoms with Gasteiger partial charge in [0.05, 0.1) is 5.09 Å². The first kappa shape index (κ1) is 36.4. The summed E-state index contributed by atoms with van der Waals surface area (Å²) in [5, 5.41) is 14.8. The van der Waals surface area contributed by atoms with Gasteiger partial charge in [0.1, 0.15) is 0 Å². The summed E-state index contributed by atoms with van der Waals surface area (Å²) in [6, 6.07) is 0. The van der Waals surface area contributed by atoms with Crippen LogP contribution in [0, 0.1) is 15.3 Å². The zero-order valence-electron chi connectivity index (χ0n) is 7.75. The molecule has 0 amide bonds. The minimum atomic E-state index is -5.39. The fourth-order valence-corrected chi connectivity index (χ4v) is 0. The van der Waals surface area contributed by atoms with Gasteiger partial charge in [0.25, 0.3) is 0 Å². The van der Waals surface area contributed by atoms with Crippen molar-refractivity contribution in [2.45, 2.75) is 0 Å². The fraction of sp³-hybridized carbons (Fsp3) is 0. The van der Waals surface area contributed by atoms with Crippen LogP contribution in [0.15, 0.2) is 0 Å². The van der Waals surface area contributed by atoms with Gasteiger partial charge in [-0.05, 0) is 0 Å². The van der Waals surface area contributed by atoms with Crippen LogP contribution in [0.3, 0.4) is 0 Å². The van der Waals surface area contributed by atoms with Crippen LogP contribution in [0.1, 0.15) is 0 Å². The number of rotatable bonds is 0. The van der Waals surface area contributed by atoms with Crippen LogP contribution in [0.5, 0.6) is 0 Å². The average Bonchev–Trinajstić information content (AvgIpc) is 1.19. The van der Waals surface area contributed by atoms with Gasteiger partial charge in [-0.1, -0.05) is 0 Å². The van der Waals surface area contributed by atoms with Crippen LogP contribution >= 0.6 is 7.82 Å². The number of nitrogens with zero attached hydrogens (tertiary/aromatic N) is 1. The summed E-state index contributed by atoms with van der Waals surface area (Å²) >= 11 is 0. The molecule has 56 valence electrons. The molecule has 0 aliphatic heterocycles. The van der Waals surface area contributed by atoms with Crippen molar-refractivity contribution >= 4 is 7.82 Å². The van der Waals surface area contributed by atoms with E-state index >= 15 is 0 Å². The smallest absolute Gasteiger partial charge is 0.822 e. The predicted molar refractivity (Wildman–Crippen MR) is 18.0 cm³/mol. The van der Waals surface area contributed by atoms with E-state index in [-0.39, 0.29) is 206 Å². The molecule has 0 spiro atoms. The minimum Gasteiger partial charge on any atom is -0.822 e. The van der Waals surface area contributed by atoms with E-state index in [1.807, 2.05) is 0 Å². The van der Waals surface area contributed by atoms with E-state index < -0.39 is 12.9 Å². The molecule has 0 saturated carbocycles. The van der Waals surface area contributed by atoms with Crippen molar-refractivity contribution in [3.8, 4) is 0 Å². The second kappa shape index (κ2) is 23.0. The first-order valence-electron chi connectivity index (χ1n) is 1.28. The Labute approximate surface area is 244 Å². The van der Waals surface area contributed by atoms with E-state index in [9.17, 15) is 0 Å². The largest absolute Gasteiger partial charge is 1.00 e. The molecule has 0 saturated heterocycles. The van der Waals surface area contributed by atoms with Crippen molar-refractivity contribution in [3.05, 3.63) is 15.3 Å². The number of hydrogen-bond acceptors (Lipinski definition) is 7. The maximum atomic E-state index is 8.55. The molecule has 0 aliphatic rings. The van der Waals surface area contributed by atoms with E-state index in [4.69, 9.17) is 34.6 Å². The molecular weight excluding hydrogens is 313 g/mol. The molecule has 0 aromatic carbocycles. The third kappa shape index (κ3) is 131. The van der Waals surface area contributed by atoms with Crippen LogP contribution in [-0.4, -0.2) is 5.09 Å². The Morgan fingerprint density at radius 3 is 0.846 bits per heavy atom. The molecule has 13 heteroatoms. The quantitative estimate of drug-likeness (QED) is 0.186. The molecule has 0 rings (SSSR count). The second-order valence-electron chi connectivity index (χ2n) is 0.671. The Bertz CT molecular complexity index is 120. The zero-order valence-corrected chi connectivity index (χ0v) is 21.1. The molecule has 0 atom stereocenters. The van der Waals surface area contributed by atoms with Crippen molar-refractivity contribution in [1.29, 1.82) is 0 Å². The van der Waals surface area contributed by atoms with Gasteiger partial charge in [-0.3, -0.25) is 0 Å². The Kier molecular flexibility index (Phi) is 64.3. The monoisotopic (exact) mass is 313 g/mol. The number of phosphoric acid groups is 1. The summed E-state index contributed by atoms with van der Waals surface area (Å²) < 4.78 is 8.55. The van der Waals surface area contributed by atoms with Crippen LogP contribution in [0.2, 0.25) is 0 Å². The van der Waals surface area contributed by atoms with E-state index in [1.165, 1.54) is 0 Å². The van der Waals surface area contributed by atoms with Gasteiger partial charge in [0, 0.05) is 0 Å². The van der Waals surface area contributed by atoms with Gasteiger partial charge in [0.15, 0.2) is 0 Å². The molecule has 0 aromatic heterocycles. The van der Waals surface area contributed by atoms with Crippen molar-refractivity contribution < 1.29 is 230 Å². The van der Waals surface area contributed by atoms with Crippen molar-refractivity contribution in [2.24, 2.45) is 0 Å². The topological polar surface area (TPSA) is 152 Å². The van der Waals surface area contributed by atoms with Crippen molar-refractivity contribution in [2.75, 3.05) is 0 Å². The standard InChI is InChI=1S/4K.NO3.H3O4P/c;;;;2-1(3)4;1-5(2,3)4/h;;;;;(H3,1,2,3,4)/q4*+1;-1;/p-3. The van der Waals surface area contributed by atoms with Crippen LogP contribution in [0.25, 0.3) is 0 Å². The Morgan fingerprint density at radius 1 is 0.846 bits per heavy atom. The SMILES string of the molecule is O=P([O-])([O-])[O-].O=[N+]([O-])[O-].[K+].[K+].[K+].[K+]. The predicted octanol–water partition coefficient (Wildman–Crippen LogP) is -15.0. The van der Waals surface area contributed by atoms with E-state index in [0.29, 0.717) is 0 Å². The number of hydrogen-bond donors (Lipinski definition) is 0. The molecule has 13 heavy (non-hydrogen) atoms. The van der Waals surface area contributed by atoms with Crippen LogP contribution in [0.4, 0.5) is 0 Å². The minimum absolute atomic E-state index is 0. The maximum absolute atomic E-state index is 8.55. The van der Waals surface area contributed by atoms with Gasteiger partial charge in [-0.2, -0.15) is 7.82 Å².